The lowest BCUT2D eigenvalue weighted by molar-refractivity contribution is 0.474. The molecular weight excluding hydrogens is 210 g/mol. The first-order chi connectivity index (χ1) is 8.29. The lowest BCUT2D eigenvalue weighted by atomic mass is 10.2. The zero-order valence-corrected chi connectivity index (χ0v) is 9.17. The third-order valence-electron chi connectivity index (χ3n) is 2.32. The van der Waals surface area contributed by atoms with Gasteiger partial charge in [-0.15, -0.1) is 6.42 Å². The Hall–Kier alpha value is -2.53. The highest BCUT2D eigenvalue weighted by Gasteiger charge is 1.95. The lowest BCUT2D eigenvalue weighted by Crippen LogP contribution is -1.80. The minimum atomic E-state index is 0.219. The molecule has 2 rings (SSSR count). The van der Waals surface area contributed by atoms with Gasteiger partial charge in [0.25, 0.3) is 0 Å². The molecule has 0 aliphatic heterocycles. The number of rotatable bonds is 2. The number of nitrogens with zero attached hydrogens (tertiary/aromatic N) is 1. The average Bonchev–Trinajstić information content (AvgIpc) is 2.38. The number of hydrogen-bond donors (Lipinski definition) is 1. The summed E-state index contributed by atoms with van der Waals surface area (Å²) in [5.74, 6) is 2.76. The Kier molecular flexibility index (Phi) is 3.23. The lowest BCUT2D eigenvalue weighted by Gasteiger charge is -1.97. The van der Waals surface area contributed by atoms with E-state index in [2.05, 4.69) is 10.9 Å². The Morgan fingerprint density at radius 3 is 2.41 bits per heavy atom. The molecule has 2 nitrogen and oxygen atoms in total. The van der Waals surface area contributed by atoms with Gasteiger partial charge in [0.15, 0.2) is 0 Å². The molecule has 0 aliphatic rings. The van der Waals surface area contributed by atoms with Crippen molar-refractivity contribution in [3.63, 3.8) is 0 Å². The monoisotopic (exact) mass is 221 g/mol. The van der Waals surface area contributed by atoms with Gasteiger partial charge in [0, 0.05) is 17.3 Å². The van der Waals surface area contributed by atoms with Crippen molar-refractivity contribution in [2.24, 2.45) is 4.99 Å². The predicted molar refractivity (Wildman–Crippen MR) is 69.7 cm³/mol. The van der Waals surface area contributed by atoms with Crippen molar-refractivity contribution >= 4 is 11.9 Å². The minimum absolute atomic E-state index is 0.219. The van der Waals surface area contributed by atoms with Crippen molar-refractivity contribution < 1.29 is 5.11 Å². The summed E-state index contributed by atoms with van der Waals surface area (Å²) >= 11 is 0. The second-order valence-electron chi connectivity index (χ2n) is 3.51. The number of hydrogen-bond acceptors (Lipinski definition) is 2. The van der Waals surface area contributed by atoms with Gasteiger partial charge in [0.2, 0.25) is 0 Å². The van der Waals surface area contributed by atoms with Crippen LogP contribution in [0.5, 0.6) is 5.75 Å². The molecule has 0 spiro atoms. The van der Waals surface area contributed by atoms with Crippen LogP contribution < -0.4 is 0 Å². The van der Waals surface area contributed by atoms with Crippen LogP contribution in [-0.2, 0) is 0 Å². The van der Waals surface area contributed by atoms with Crippen molar-refractivity contribution in [1.29, 1.82) is 0 Å². The second kappa shape index (κ2) is 5.00. The Balaban J connectivity index is 2.21. The van der Waals surface area contributed by atoms with E-state index in [0.29, 0.717) is 5.56 Å². The van der Waals surface area contributed by atoms with Gasteiger partial charge in [-0.05, 0) is 36.4 Å². The molecule has 0 aliphatic carbocycles. The Morgan fingerprint density at radius 2 is 1.76 bits per heavy atom. The van der Waals surface area contributed by atoms with Gasteiger partial charge in [-0.25, -0.2) is 0 Å². The van der Waals surface area contributed by atoms with E-state index in [1.54, 1.807) is 24.4 Å². The third kappa shape index (κ3) is 2.73. The van der Waals surface area contributed by atoms with Crippen molar-refractivity contribution in [3.05, 3.63) is 59.7 Å². The quantitative estimate of drug-likeness (QED) is 0.613. The van der Waals surface area contributed by atoms with Crippen LogP contribution in [0.1, 0.15) is 11.1 Å². The molecule has 0 saturated heterocycles. The molecule has 0 amide bonds. The zero-order chi connectivity index (χ0) is 12.1. The van der Waals surface area contributed by atoms with Crippen molar-refractivity contribution in [3.8, 4) is 18.1 Å². The summed E-state index contributed by atoms with van der Waals surface area (Å²) in [6, 6.07) is 14.4. The highest BCUT2D eigenvalue weighted by atomic mass is 16.3. The molecule has 0 fully saturated rings. The molecule has 0 bridgehead atoms. The van der Waals surface area contributed by atoms with E-state index >= 15 is 0 Å². The molecule has 2 heteroatoms. The largest absolute Gasteiger partial charge is 0.507 e. The summed E-state index contributed by atoms with van der Waals surface area (Å²) in [6.07, 6.45) is 6.89. The first-order valence-electron chi connectivity index (χ1n) is 5.18. The van der Waals surface area contributed by atoms with Gasteiger partial charge in [-0.3, -0.25) is 4.99 Å². The summed E-state index contributed by atoms with van der Waals surface area (Å²) in [7, 11) is 0. The summed E-state index contributed by atoms with van der Waals surface area (Å²) in [5.41, 5.74) is 2.31. The maximum Gasteiger partial charge on any atom is 0.124 e. The number of para-hydroxylation sites is 1. The Bertz CT molecular complexity index is 577. The molecular formula is C15H11NO. The molecule has 82 valence electrons. The van der Waals surface area contributed by atoms with Crippen LogP contribution in [0.15, 0.2) is 53.5 Å². The molecule has 17 heavy (non-hydrogen) atoms. The highest BCUT2D eigenvalue weighted by Crippen LogP contribution is 2.16. The summed E-state index contributed by atoms with van der Waals surface area (Å²) in [6.45, 7) is 0. The van der Waals surface area contributed by atoms with Gasteiger partial charge >= 0.3 is 0 Å². The minimum Gasteiger partial charge on any atom is -0.507 e. The molecule has 2 aromatic carbocycles. The van der Waals surface area contributed by atoms with Crippen LogP contribution in [0.4, 0.5) is 5.69 Å². The maximum atomic E-state index is 9.55. The summed E-state index contributed by atoms with van der Waals surface area (Å²) in [5, 5.41) is 9.55. The van der Waals surface area contributed by atoms with Crippen molar-refractivity contribution in [1.82, 2.24) is 0 Å². The number of phenols is 1. The number of terminal acetylenes is 1. The van der Waals surface area contributed by atoms with E-state index < -0.39 is 0 Å². The third-order valence-corrected chi connectivity index (χ3v) is 2.32. The van der Waals surface area contributed by atoms with Gasteiger partial charge in [-0.2, -0.15) is 0 Å². The second-order valence-corrected chi connectivity index (χ2v) is 3.51. The van der Waals surface area contributed by atoms with Gasteiger partial charge in [0.05, 0.1) is 5.69 Å². The zero-order valence-electron chi connectivity index (χ0n) is 9.17. The van der Waals surface area contributed by atoms with Crippen LogP contribution in [0.3, 0.4) is 0 Å². The molecule has 0 saturated carbocycles. The van der Waals surface area contributed by atoms with E-state index in [0.717, 1.165) is 11.3 Å². The van der Waals surface area contributed by atoms with E-state index in [1.807, 2.05) is 30.3 Å². The normalized spacial score (nSPS) is 10.3. The van der Waals surface area contributed by atoms with Crippen LogP contribution in [0, 0.1) is 12.3 Å². The predicted octanol–water partition coefficient (Wildman–Crippen LogP) is 3.12. The van der Waals surface area contributed by atoms with Crippen LogP contribution in [-0.4, -0.2) is 11.3 Å². The molecule has 1 N–H and O–H groups in total. The van der Waals surface area contributed by atoms with Crippen LogP contribution in [0.25, 0.3) is 0 Å². The SMILES string of the molecule is C#Cc1ccc(N=Cc2ccccc2O)cc1. The molecule has 2 aromatic rings. The first-order valence-corrected chi connectivity index (χ1v) is 5.18. The first kappa shape index (κ1) is 11.0. The Labute approximate surface area is 100 Å². The standard InChI is InChI=1S/C15H11NO/c1-2-12-7-9-14(10-8-12)16-11-13-5-3-4-6-15(13)17/h1,3-11,17H. The van der Waals surface area contributed by atoms with Gasteiger partial charge in [-0.1, -0.05) is 18.1 Å². The molecule has 0 aromatic heterocycles. The maximum absolute atomic E-state index is 9.55. The summed E-state index contributed by atoms with van der Waals surface area (Å²) < 4.78 is 0. The molecule has 0 atom stereocenters. The number of aromatic hydroxyl groups is 1. The van der Waals surface area contributed by atoms with Crippen molar-refractivity contribution in [2.45, 2.75) is 0 Å². The number of aliphatic imine (C=N–C) groups is 1. The average molecular weight is 221 g/mol. The van der Waals surface area contributed by atoms with E-state index in [1.165, 1.54) is 0 Å². The fraction of sp³-hybridized carbons (Fsp3) is 0. The van der Waals surface area contributed by atoms with E-state index in [4.69, 9.17) is 6.42 Å². The van der Waals surface area contributed by atoms with Crippen LogP contribution >= 0.6 is 0 Å². The molecule has 0 heterocycles. The van der Waals surface area contributed by atoms with Crippen LogP contribution in [0.2, 0.25) is 0 Å². The van der Waals surface area contributed by atoms with Crippen molar-refractivity contribution in [2.75, 3.05) is 0 Å². The summed E-state index contributed by atoms with van der Waals surface area (Å²) in [4.78, 5) is 4.26. The molecule has 0 radical (unpaired) electrons. The molecule has 0 unspecified atom stereocenters. The van der Waals surface area contributed by atoms with E-state index in [-0.39, 0.29) is 5.75 Å². The van der Waals surface area contributed by atoms with Gasteiger partial charge in [0.1, 0.15) is 5.75 Å². The number of phenolic OH excluding ortho intramolecular Hbond substituents is 1. The fourth-order valence-corrected chi connectivity index (χ4v) is 1.38. The Morgan fingerprint density at radius 1 is 1.06 bits per heavy atom. The fourth-order valence-electron chi connectivity index (χ4n) is 1.38. The van der Waals surface area contributed by atoms with Gasteiger partial charge < -0.3 is 5.11 Å². The number of benzene rings is 2. The topological polar surface area (TPSA) is 32.6 Å². The smallest absolute Gasteiger partial charge is 0.124 e. The van der Waals surface area contributed by atoms with E-state index in [9.17, 15) is 5.11 Å². The highest BCUT2D eigenvalue weighted by molar-refractivity contribution is 5.85.